The molecule has 1 fully saturated rings. The van der Waals surface area contributed by atoms with Crippen molar-refractivity contribution in [1.82, 2.24) is 0 Å². The lowest BCUT2D eigenvalue weighted by Gasteiger charge is -2.14. The van der Waals surface area contributed by atoms with Gasteiger partial charge in [0.1, 0.15) is 0 Å². The summed E-state index contributed by atoms with van der Waals surface area (Å²) < 4.78 is 11.0. The monoisotopic (exact) mass is 204 g/mol. The van der Waals surface area contributed by atoms with Crippen LogP contribution in [0.15, 0.2) is 0 Å². The molecule has 0 N–H and O–H groups in total. The molecule has 1 rings (SSSR count). The van der Waals surface area contributed by atoms with Crippen molar-refractivity contribution in [2.45, 2.75) is 44.6 Å². The van der Waals surface area contributed by atoms with Crippen LogP contribution in [0.4, 0.5) is 0 Å². The lowest BCUT2D eigenvalue weighted by Crippen LogP contribution is -2.15. The Morgan fingerprint density at radius 3 is 2.85 bits per heavy atom. The van der Waals surface area contributed by atoms with Gasteiger partial charge in [-0.2, -0.15) is 11.8 Å². The van der Waals surface area contributed by atoms with Gasteiger partial charge in [0.05, 0.1) is 18.8 Å². The Kier molecular flexibility index (Phi) is 5.14. The lowest BCUT2D eigenvalue weighted by molar-refractivity contribution is 0.0918. The maximum atomic E-state index is 5.48. The molecule has 0 aromatic rings. The molecule has 0 radical (unpaired) electrons. The molecule has 0 aromatic carbocycles. The number of hydrogen-bond acceptors (Lipinski definition) is 3. The summed E-state index contributed by atoms with van der Waals surface area (Å²) in [6.07, 6.45) is 2.00. The zero-order valence-corrected chi connectivity index (χ0v) is 9.60. The van der Waals surface area contributed by atoms with E-state index in [9.17, 15) is 0 Å². The minimum atomic E-state index is 0.359. The van der Waals surface area contributed by atoms with Crippen LogP contribution in [-0.4, -0.2) is 36.4 Å². The zero-order chi connectivity index (χ0) is 9.68. The van der Waals surface area contributed by atoms with Gasteiger partial charge in [-0.15, -0.1) is 0 Å². The van der Waals surface area contributed by atoms with Crippen molar-refractivity contribution in [2.75, 3.05) is 19.0 Å². The van der Waals surface area contributed by atoms with Crippen LogP contribution < -0.4 is 0 Å². The van der Waals surface area contributed by atoms with Gasteiger partial charge in [-0.3, -0.25) is 0 Å². The number of hydrogen-bond donors (Lipinski definition) is 0. The average molecular weight is 204 g/mol. The molecule has 1 aliphatic rings. The van der Waals surface area contributed by atoms with E-state index in [-0.39, 0.29) is 0 Å². The van der Waals surface area contributed by atoms with Gasteiger partial charge >= 0.3 is 0 Å². The molecule has 1 saturated heterocycles. The first-order chi connectivity index (χ1) is 6.20. The quantitative estimate of drug-likeness (QED) is 0.640. The second-order valence-electron chi connectivity index (χ2n) is 3.69. The zero-order valence-electron chi connectivity index (χ0n) is 8.79. The van der Waals surface area contributed by atoms with Gasteiger partial charge < -0.3 is 9.47 Å². The molecule has 0 amide bonds. The third-order valence-electron chi connectivity index (χ3n) is 2.17. The predicted octanol–water partition coefficient (Wildman–Crippen LogP) is 2.32. The summed E-state index contributed by atoms with van der Waals surface area (Å²) in [4.78, 5) is 0. The second kappa shape index (κ2) is 5.89. The molecule has 78 valence electrons. The number of ether oxygens (including phenoxy) is 2. The Balaban J connectivity index is 1.99. The first kappa shape index (κ1) is 11.3. The largest absolute Gasteiger partial charge is 0.378 e. The summed E-state index contributed by atoms with van der Waals surface area (Å²) in [5.74, 6) is 1.09. The Morgan fingerprint density at radius 2 is 2.31 bits per heavy atom. The van der Waals surface area contributed by atoms with Crippen LogP contribution >= 0.6 is 11.8 Å². The first-order valence-corrected chi connectivity index (χ1v) is 6.10. The van der Waals surface area contributed by atoms with Gasteiger partial charge in [0, 0.05) is 17.6 Å². The Hall–Kier alpha value is 0.270. The maximum Gasteiger partial charge on any atom is 0.0666 e. The van der Waals surface area contributed by atoms with Gasteiger partial charge in [0.2, 0.25) is 0 Å². The third kappa shape index (κ3) is 4.34. The smallest absolute Gasteiger partial charge is 0.0666 e. The summed E-state index contributed by atoms with van der Waals surface area (Å²) in [5, 5.41) is 0.691. The van der Waals surface area contributed by atoms with Crippen LogP contribution in [0.2, 0.25) is 0 Å². The molecule has 0 aromatic heterocycles. The van der Waals surface area contributed by atoms with Crippen molar-refractivity contribution < 1.29 is 9.47 Å². The van der Waals surface area contributed by atoms with E-state index in [0.29, 0.717) is 17.5 Å². The normalized spacial score (nSPS) is 28.6. The van der Waals surface area contributed by atoms with Gasteiger partial charge in [-0.05, 0) is 27.2 Å². The maximum absolute atomic E-state index is 5.48. The van der Waals surface area contributed by atoms with Crippen LogP contribution in [0.1, 0.15) is 27.2 Å². The van der Waals surface area contributed by atoms with Crippen molar-refractivity contribution in [1.29, 1.82) is 0 Å². The average Bonchev–Trinajstić information content (AvgIpc) is 2.45. The molecule has 0 unspecified atom stereocenters. The molecular weight excluding hydrogens is 184 g/mol. The molecule has 0 spiro atoms. The molecule has 0 bridgehead atoms. The van der Waals surface area contributed by atoms with Gasteiger partial charge in [-0.1, -0.05) is 0 Å². The number of thioether (sulfide) groups is 1. The molecule has 13 heavy (non-hydrogen) atoms. The summed E-state index contributed by atoms with van der Waals surface area (Å²) in [5.41, 5.74) is 0. The van der Waals surface area contributed by atoms with Gasteiger partial charge in [-0.25, -0.2) is 0 Å². The van der Waals surface area contributed by atoms with E-state index in [4.69, 9.17) is 9.47 Å². The first-order valence-electron chi connectivity index (χ1n) is 5.05. The van der Waals surface area contributed by atoms with Crippen LogP contribution in [0.5, 0.6) is 0 Å². The predicted molar refractivity (Wildman–Crippen MR) is 57.4 cm³/mol. The van der Waals surface area contributed by atoms with E-state index in [1.807, 2.05) is 11.8 Å². The topological polar surface area (TPSA) is 18.5 Å². The van der Waals surface area contributed by atoms with Gasteiger partial charge in [0.15, 0.2) is 0 Å². The summed E-state index contributed by atoms with van der Waals surface area (Å²) in [6, 6.07) is 0. The molecule has 1 aliphatic heterocycles. The van der Waals surface area contributed by atoms with Crippen LogP contribution in [0, 0.1) is 0 Å². The highest BCUT2D eigenvalue weighted by Gasteiger charge is 2.23. The van der Waals surface area contributed by atoms with Gasteiger partial charge in [0.25, 0.3) is 0 Å². The van der Waals surface area contributed by atoms with Crippen LogP contribution in [0.25, 0.3) is 0 Å². The SMILES string of the molecule is CC(C)OCCS[C@H]1CCO[C@H]1C. The lowest BCUT2D eigenvalue weighted by atomic mass is 10.3. The third-order valence-corrected chi connectivity index (χ3v) is 3.62. The summed E-state index contributed by atoms with van der Waals surface area (Å²) in [6.45, 7) is 8.11. The highest BCUT2D eigenvalue weighted by molar-refractivity contribution is 7.99. The van der Waals surface area contributed by atoms with E-state index in [2.05, 4.69) is 20.8 Å². The van der Waals surface area contributed by atoms with E-state index >= 15 is 0 Å². The van der Waals surface area contributed by atoms with E-state index < -0.39 is 0 Å². The highest BCUT2D eigenvalue weighted by Crippen LogP contribution is 2.25. The van der Waals surface area contributed by atoms with Crippen LogP contribution in [-0.2, 0) is 9.47 Å². The Labute approximate surface area is 85.4 Å². The van der Waals surface area contributed by atoms with Crippen molar-refractivity contribution in [3.8, 4) is 0 Å². The van der Waals surface area contributed by atoms with Crippen molar-refractivity contribution in [2.24, 2.45) is 0 Å². The Morgan fingerprint density at radius 1 is 1.54 bits per heavy atom. The van der Waals surface area contributed by atoms with E-state index in [1.165, 1.54) is 6.42 Å². The fourth-order valence-corrected chi connectivity index (χ4v) is 2.52. The minimum absolute atomic E-state index is 0.359. The standard InChI is InChI=1S/C10H20O2S/c1-8(2)11-6-7-13-10-4-5-12-9(10)3/h8-10H,4-7H2,1-3H3/t9-,10-/m0/s1. The minimum Gasteiger partial charge on any atom is -0.378 e. The molecule has 2 nitrogen and oxygen atoms in total. The number of rotatable bonds is 5. The van der Waals surface area contributed by atoms with E-state index in [0.717, 1.165) is 19.0 Å². The van der Waals surface area contributed by atoms with Crippen molar-refractivity contribution >= 4 is 11.8 Å². The fourth-order valence-electron chi connectivity index (χ4n) is 1.41. The summed E-state index contributed by atoms with van der Waals surface area (Å²) >= 11 is 1.98. The molecule has 3 heteroatoms. The molecule has 0 saturated carbocycles. The molecule has 1 heterocycles. The Bertz CT molecular complexity index is 139. The fraction of sp³-hybridized carbons (Fsp3) is 1.00. The van der Waals surface area contributed by atoms with Crippen molar-refractivity contribution in [3.63, 3.8) is 0 Å². The van der Waals surface area contributed by atoms with E-state index in [1.54, 1.807) is 0 Å². The molecular formula is C10H20O2S. The molecule has 0 aliphatic carbocycles. The van der Waals surface area contributed by atoms with Crippen molar-refractivity contribution in [3.05, 3.63) is 0 Å². The molecule has 2 atom stereocenters. The highest BCUT2D eigenvalue weighted by atomic mass is 32.2. The van der Waals surface area contributed by atoms with Crippen LogP contribution in [0.3, 0.4) is 0 Å². The summed E-state index contributed by atoms with van der Waals surface area (Å²) in [7, 11) is 0. The second-order valence-corrected chi connectivity index (χ2v) is 5.04.